The van der Waals surface area contributed by atoms with Gasteiger partial charge < -0.3 is 41.8 Å². The highest BCUT2D eigenvalue weighted by molar-refractivity contribution is 5.95. The van der Waals surface area contributed by atoms with Crippen molar-refractivity contribution in [1.82, 2.24) is 25.4 Å². The molecule has 1 aromatic carbocycles. The monoisotopic (exact) mass is 640 g/mol. The minimum atomic E-state index is -1.11. The average molecular weight is 641 g/mol. The summed E-state index contributed by atoms with van der Waals surface area (Å²) in [4.78, 5) is 75.5. The van der Waals surface area contributed by atoms with Gasteiger partial charge in [-0.1, -0.05) is 18.2 Å². The lowest BCUT2D eigenvalue weighted by atomic mass is 9.96. The molecule has 4 amide bonds. The molecule has 0 aliphatic carbocycles. The summed E-state index contributed by atoms with van der Waals surface area (Å²) in [5.41, 5.74) is 12.6. The topological polar surface area (TPSA) is 226 Å². The minimum absolute atomic E-state index is 0.102. The molecular weight excluding hydrogens is 596 g/mol. The van der Waals surface area contributed by atoms with Gasteiger partial charge in [0.15, 0.2) is 5.96 Å². The Morgan fingerprint density at radius 2 is 1.83 bits per heavy atom. The van der Waals surface area contributed by atoms with Gasteiger partial charge in [-0.3, -0.25) is 24.3 Å². The summed E-state index contributed by atoms with van der Waals surface area (Å²) in [5.74, 6) is -2.97. The number of carbonyl (C=O) groups is 5. The second-order valence-corrected chi connectivity index (χ2v) is 12.7. The molecule has 1 saturated heterocycles. The van der Waals surface area contributed by atoms with E-state index in [4.69, 9.17) is 16.2 Å². The van der Waals surface area contributed by atoms with Crippen LogP contribution in [0.25, 0.3) is 10.9 Å². The van der Waals surface area contributed by atoms with Crippen LogP contribution in [0.4, 0.5) is 4.79 Å². The number of benzene rings is 1. The van der Waals surface area contributed by atoms with Crippen LogP contribution in [-0.4, -0.2) is 98.5 Å². The molecule has 46 heavy (non-hydrogen) atoms. The number of fused-ring (bicyclic) bond motifs is 3. The van der Waals surface area contributed by atoms with Crippen molar-refractivity contribution in [3.05, 3.63) is 35.5 Å². The second kappa shape index (κ2) is 14.1. The van der Waals surface area contributed by atoms with Crippen LogP contribution in [0.3, 0.4) is 0 Å². The number of hydrogen-bond acceptors (Lipinski definition) is 7. The second-order valence-electron chi connectivity index (χ2n) is 12.7. The zero-order valence-corrected chi connectivity index (χ0v) is 26.7. The molecule has 0 bridgehead atoms. The molecule has 15 nitrogen and oxygen atoms in total. The van der Waals surface area contributed by atoms with Gasteiger partial charge in [-0.15, -0.1) is 0 Å². The molecule has 4 atom stereocenters. The van der Waals surface area contributed by atoms with Crippen LogP contribution >= 0.6 is 0 Å². The summed E-state index contributed by atoms with van der Waals surface area (Å²) in [7, 11) is 0. The van der Waals surface area contributed by atoms with Crippen LogP contribution in [0.1, 0.15) is 64.6 Å². The van der Waals surface area contributed by atoms with Gasteiger partial charge in [-0.05, 0) is 65.0 Å². The van der Waals surface area contributed by atoms with E-state index in [-0.39, 0.29) is 38.4 Å². The standard InChI is InChI=1S/C31H44N8O7/c1-17(25(40)37-21(11-7-13-34-29(32)33)27(42)38-14-8-12-23(38)28(43)44)35-26(41)24-15-19-18-9-5-6-10-20(18)36-22(19)16-39(24)30(45)46-31(2,3)4/h5-6,9-10,17,21,23-24,36H,7-8,11-16H2,1-4H3,(H,35,41)(H,37,40)(H,43,44)(H4,32,33,34)/t17-,21-,23-,24?/m0/s1. The summed E-state index contributed by atoms with van der Waals surface area (Å²) in [6, 6.07) is 3.53. The van der Waals surface area contributed by atoms with Crippen molar-refractivity contribution in [3.63, 3.8) is 0 Å². The van der Waals surface area contributed by atoms with E-state index in [1.54, 1.807) is 20.8 Å². The Labute approximate surface area is 267 Å². The van der Waals surface area contributed by atoms with E-state index in [0.717, 1.165) is 22.2 Å². The van der Waals surface area contributed by atoms with Gasteiger partial charge in [0, 0.05) is 36.1 Å². The number of ether oxygens (including phenoxy) is 1. The molecule has 1 unspecified atom stereocenters. The van der Waals surface area contributed by atoms with E-state index in [1.807, 2.05) is 24.3 Å². The molecule has 3 heterocycles. The predicted molar refractivity (Wildman–Crippen MR) is 169 cm³/mol. The largest absolute Gasteiger partial charge is 0.480 e. The number of rotatable bonds is 10. The van der Waals surface area contributed by atoms with Crippen molar-refractivity contribution in [2.24, 2.45) is 16.5 Å². The quantitative estimate of drug-likeness (QED) is 0.123. The highest BCUT2D eigenvalue weighted by Crippen LogP contribution is 2.31. The molecule has 1 fully saturated rings. The number of aromatic amines is 1. The number of aliphatic carboxylic acids is 1. The number of likely N-dealkylation sites (tertiary alicyclic amines) is 1. The highest BCUT2D eigenvalue weighted by atomic mass is 16.6. The number of para-hydroxylation sites is 1. The Bertz CT molecular complexity index is 1510. The van der Waals surface area contributed by atoms with Crippen molar-refractivity contribution in [1.29, 1.82) is 0 Å². The van der Waals surface area contributed by atoms with Gasteiger partial charge in [-0.2, -0.15) is 0 Å². The number of nitrogens with two attached hydrogens (primary N) is 2. The molecule has 2 aromatic rings. The van der Waals surface area contributed by atoms with Crippen LogP contribution in [0, 0.1) is 0 Å². The fourth-order valence-electron chi connectivity index (χ4n) is 5.87. The number of nitrogens with zero attached hydrogens (tertiary/aromatic N) is 3. The fraction of sp³-hybridized carbons (Fsp3) is 0.548. The lowest BCUT2D eigenvalue weighted by molar-refractivity contribution is -0.149. The van der Waals surface area contributed by atoms with Gasteiger partial charge in [0.2, 0.25) is 17.7 Å². The van der Waals surface area contributed by atoms with Gasteiger partial charge in [0.25, 0.3) is 0 Å². The third kappa shape index (κ3) is 8.06. The smallest absolute Gasteiger partial charge is 0.411 e. The van der Waals surface area contributed by atoms with Crippen LogP contribution in [0.15, 0.2) is 29.3 Å². The number of carbonyl (C=O) groups excluding carboxylic acids is 4. The molecule has 1 aromatic heterocycles. The third-order valence-electron chi connectivity index (χ3n) is 8.07. The first-order valence-electron chi connectivity index (χ1n) is 15.4. The molecule has 250 valence electrons. The first-order valence-corrected chi connectivity index (χ1v) is 15.4. The van der Waals surface area contributed by atoms with Crippen molar-refractivity contribution in [2.45, 2.75) is 96.1 Å². The summed E-state index contributed by atoms with van der Waals surface area (Å²) in [6.07, 6.45) is 0.840. The first-order chi connectivity index (χ1) is 21.7. The SMILES string of the molecule is C[C@H](NC(=O)C1Cc2c([nH]c3ccccc23)CN1C(=O)OC(C)(C)C)C(=O)N[C@@H](CCCN=C(N)N)C(=O)N1CCC[C@H]1C(=O)O. The third-order valence-corrected chi connectivity index (χ3v) is 8.07. The maximum Gasteiger partial charge on any atom is 0.411 e. The number of carboxylic acid groups (broad SMARTS) is 1. The van der Waals surface area contributed by atoms with Crippen molar-refractivity contribution >= 4 is 46.6 Å². The number of aliphatic imine (C=N–C) groups is 1. The summed E-state index contributed by atoms with van der Waals surface area (Å²) in [5, 5.41) is 15.9. The van der Waals surface area contributed by atoms with Crippen LogP contribution < -0.4 is 22.1 Å². The molecule has 0 radical (unpaired) electrons. The van der Waals surface area contributed by atoms with Crippen molar-refractivity contribution in [2.75, 3.05) is 13.1 Å². The molecule has 0 saturated carbocycles. The summed E-state index contributed by atoms with van der Waals surface area (Å²) in [6.45, 7) is 7.24. The maximum absolute atomic E-state index is 13.8. The molecule has 4 rings (SSSR count). The van der Waals surface area contributed by atoms with E-state index < -0.39 is 59.6 Å². The zero-order valence-electron chi connectivity index (χ0n) is 26.7. The van der Waals surface area contributed by atoms with Gasteiger partial charge in [0.1, 0.15) is 29.8 Å². The molecule has 2 aliphatic heterocycles. The van der Waals surface area contributed by atoms with Gasteiger partial charge in [0.05, 0.1) is 6.54 Å². The Hall–Kier alpha value is -4.82. The minimum Gasteiger partial charge on any atom is -0.480 e. The number of nitrogens with one attached hydrogen (secondary N) is 3. The van der Waals surface area contributed by atoms with Gasteiger partial charge in [-0.25, -0.2) is 9.59 Å². The molecule has 8 N–H and O–H groups in total. The van der Waals surface area contributed by atoms with Crippen LogP contribution in [0.2, 0.25) is 0 Å². The zero-order chi connectivity index (χ0) is 33.8. The molecule has 0 spiro atoms. The number of aromatic nitrogens is 1. The maximum atomic E-state index is 13.8. The number of amides is 4. The molecule has 2 aliphatic rings. The lowest BCUT2D eigenvalue weighted by Crippen LogP contribution is -2.58. The van der Waals surface area contributed by atoms with Gasteiger partial charge >= 0.3 is 12.1 Å². The number of guanidine groups is 1. The van der Waals surface area contributed by atoms with E-state index in [0.29, 0.717) is 19.3 Å². The van der Waals surface area contributed by atoms with E-state index in [9.17, 15) is 29.1 Å². The summed E-state index contributed by atoms with van der Waals surface area (Å²) < 4.78 is 5.62. The number of H-pyrrole nitrogens is 1. The summed E-state index contributed by atoms with van der Waals surface area (Å²) >= 11 is 0. The average Bonchev–Trinajstić information content (AvgIpc) is 3.61. The highest BCUT2D eigenvalue weighted by Gasteiger charge is 2.41. The van der Waals surface area contributed by atoms with E-state index >= 15 is 0 Å². The predicted octanol–water partition coefficient (Wildman–Crippen LogP) is 0.948. The fourth-order valence-corrected chi connectivity index (χ4v) is 5.87. The van der Waals surface area contributed by atoms with Crippen LogP contribution in [-0.2, 0) is 36.9 Å². The first kappa shape index (κ1) is 34.1. The Morgan fingerprint density at radius 3 is 2.50 bits per heavy atom. The van der Waals surface area contributed by atoms with Crippen molar-refractivity contribution < 1.29 is 33.8 Å². The molecular formula is C31H44N8O7. The van der Waals surface area contributed by atoms with E-state index in [1.165, 1.54) is 16.7 Å². The Balaban J connectivity index is 1.50. The van der Waals surface area contributed by atoms with Crippen molar-refractivity contribution in [3.8, 4) is 0 Å². The Morgan fingerprint density at radius 1 is 1.11 bits per heavy atom. The van der Waals surface area contributed by atoms with Crippen LogP contribution in [0.5, 0.6) is 0 Å². The van der Waals surface area contributed by atoms with E-state index in [2.05, 4.69) is 20.6 Å². The normalized spacial score (nSPS) is 19.1. The number of carboxylic acids is 1. The molecule has 15 heteroatoms. The number of hydrogen-bond donors (Lipinski definition) is 6. The Kier molecular flexibility index (Phi) is 10.4. The lowest BCUT2D eigenvalue weighted by Gasteiger charge is -2.36.